The largest absolute Gasteiger partial charge is 0.476 e. The van der Waals surface area contributed by atoms with Crippen LogP contribution in [0, 0.1) is 0 Å². The van der Waals surface area contributed by atoms with E-state index in [1.165, 1.54) is 12.4 Å². The Morgan fingerprint density at radius 2 is 2.19 bits per heavy atom. The third kappa shape index (κ3) is 4.11. The Balaban J connectivity index is 1.88. The van der Waals surface area contributed by atoms with E-state index in [-0.39, 0.29) is 18.1 Å². The summed E-state index contributed by atoms with van der Waals surface area (Å²) in [7, 11) is 1.59. The normalized spacial score (nSPS) is 10.5. The number of carboxylic acids is 1. The maximum atomic E-state index is 11.8. The highest BCUT2D eigenvalue weighted by Crippen LogP contribution is 2.05. The number of anilines is 1. The van der Waals surface area contributed by atoms with Gasteiger partial charge in [0.2, 0.25) is 5.91 Å². The minimum absolute atomic E-state index is 0.135. The number of aromatic nitrogens is 5. The molecule has 10 nitrogen and oxygen atoms in total. The van der Waals surface area contributed by atoms with E-state index in [1.54, 1.807) is 18.0 Å². The number of carboxylic acid groups (broad SMARTS) is 1. The number of aromatic carboxylic acids is 1. The van der Waals surface area contributed by atoms with E-state index in [2.05, 4.69) is 20.7 Å². The molecule has 0 saturated heterocycles. The van der Waals surface area contributed by atoms with Gasteiger partial charge in [0.25, 0.3) is 0 Å². The van der Waals surface area contributed by atoms with Crippen molar-refractivity contribution in [1.29, 1.82) is 0 Å². The molecule has 0 atom stereocenters. The zero-order valence-electron chi connectivity index (χ0n) is 11.3. The maximum absolute atomic E-state index is 11.8. The average molecular weight is 294 g/mol. The van der Waals surface area contributed by atoms with E-state index in [0.717, 1.165) is 4.68 Å². The number of hydrogen-bond acceptors (Lipinski definition) is 6. The van der Waals surface area contributed by atoms with Crippen LogP contribution in [0.25, 0.3) is 0 Å². The SMILES string of the molecule is COCCn1cc(NC(=O)Cn2cc(C(=O)O)nn2)cn1. The summed E-state index contributed by atoms with van der Waals surface area (Å²) in [4.78, 5) is 22.4. The van der Waals surface area contributed by atoms with Gasteiger partial charge in [-0.05, 0) is 0 Å². The summed E-state index contributed by atoms with van der Waals surface area (Å²) in [6, 6.07) is 0. The van der Waals surface area contributed by atoms with Crippen LogP contribution >= 0.6 is 0 Å². The summed E-state index contributed by atoms with van der Waals surface area (Å²) < 4.78 is 7.71. The number of carbonyl (C=O) groups excluding carboxylic acids is 1. The molecular formula is C11H14N6O4. The molecule has 2 N–H and O–H groups in total. The first kappa shape index (κ1) is 14.7. The number of hydrogen-bond donors (Lipinski definition) is 2. The number of nitrogens with one attached hydrogen (secondary N) is 1. The topological polar surface area (TPSA) is 124 Å². The van der Waals surface area contributed by atoms with E-state index in [0.29, 0.717) is 18.8 Å². The second-order valence-corrected chi connectivity index (χ2v) is 4.14. The van der Waals surface area contributed by atoms with Crippen molar-refractivity contribution in [2.75, 3.05) is 19.0 Å². The van der Waals surface area contributed by atoms with E-state index in [1.807, 2.05) is 0 Å². The molecule has 2 aromatic heterocycles. The number of rotatable bonds is 7. The third-order valence-corrected chi connectivity index (χ3v) is 2.50. The van der Waals surface area contributed by atoms with Crippen molar-refractivity contribution in [3.63, 3.8) is 0 Å². The van der Waals surface area contributed by atoms with Gasteiger partial charge in [-0.1, -0.05) is 5.21 Å². The lowest BCUT2D eigenvalue weighted by Crippen LogP contribution is -2.19. The van der Waals surface area contributed by atoms with Gasteiger partial charge in [-0.2, -0.15) is 5.10 Å². The van der Waals surface area contributed by atoms with Gasteiger partial charge in [-0.25, -0.2) is 9.48 Å². The lowest BCUT2D eigenvalue weighted by Gasteiger charge is -2.02. The number of amides is 1. The molecule has 2 aromatic rings. The molecule has 0 unspecified atom stereocenters. The van der Waals surface area contributed by atoms with Gasteiger partial charge < -0.3 is 15.2 Å². The van der Waals surface area contributed by atoms with Crippen LogP contribution in [-0.4, -0.2) is 55.5 Å². The molecule has 1 amide bonds. The second kappa shape index (κ2) is 6.61. The number of nitrogens with zero attached hydrogens (tertiary/aromatic N) is 5. The molecule has 2 rings (SSSR count). The van der Waals surface area contributed by atoms with Crippen LogP contribution in [0.4, 0.5) is 5.69 Å². The lowest BCUT2D eigenvalue weighted by molar-refractivity contribution is -0.116. The lowest BCUT2D eigenvalue weighted by atomic mass is 10.5. The predicted octanol–water partition coefficient (Wildman–Crippen LogP) is -0.542. The minimum atomic E-state index is -1.19. The summed E-state index contributed by atoms with van der Waals surface area (Å²) in [6.45, 7) is 0.965. The predicted molar refractivity (Wildman–Crippen MR) is 69.7 cm³/mol. The van der Waals surface area contributed by atoms with Gasteiger partial charge in [0.15, 0.2) is 5.69 Å². The summed E-state index contributed by atoms with van der Waals surface area (Å²) in [5.74, 6) is -1.55. The van der Waals surface area contributed by atoms with Crippen LogP contribution in [-0.2, 0) is 22.6 Å². The molecule has 0 saturated carbocycles. The molecule has 0 bridgehead atoms. The molecule has 112 valence electrons. The molecule has 10 heteroatoms. The van der Waals surface area contributed by atoms with Crippen LogP contribution < -0.4 is 5.32 Å². The van der Waals surface area contributed by atoms with Gasteiger partial charge >= 0.3 is 5.97 Å². The summed E-state index contributed by atoms with van der Waals surface area (Å²) in [6.07, 6.45) is 4.36. The first-order valence-corrected chi connectivity index (χ1v) is 6.03. The van der Waals surface area contributed by atoms with Gasteiger partial charge in [0.1, 0.15) is 6.54 Å². The average Bonchev–Trinajstić information content (AvgIpc) is 3.06. The molecule has 2 heterocycles. The van der Waals surface area contributed by atoms with Crippen molar-refractivity contribution < 1.29 is 19.4 Å². The Morgan fingerprint density at radius 1 is 1.38 bits per heavy atom. The Hall–Kier alpha value is -2.75. The highest BCUT2D eigenvalue weighted by molar-refractivity contribution is 5.90. The quantitative estimate of drug-likeness (QED) is 0.702. The van der Waals surface area contributed by atoms with Crippen LogP contribution in [0.1, 0.15) is 10.5 Å². The van der Waals surface area contributed by atoms with E-state index in [9.17, 15) is 9.59 Å². The summed E-state index contributed by atoms with van der Waals surface area (Å²) in [5.41, 5.74) is 0.324. The van der Waals surface area contributed by atoms with Gasteiger partial charge in [-0.3, -0.25) is 9.48 Å². The van der Waals surface area contributed by atoms with Crippen LogP contribution in [0.3, 0.4) is 0 Å². The van der Waals surface area contributed by atoms with E-state index >= 15 is 0 Å². The van der Waals surface area contributed by atoms with Crippen LogP contribution in [0.2, 0.25) is 0 Å². The van der Waals surface area contributed by atoms with Gasteiger partial charge in [-0.15, -0.1) is 5.10 Å². The second-order valence-electron chi connectivity index (χ2n) is 4.14. The standard InChI is InChI=1S/C11H14N6O4/c1-21-3-2-16-5-8(4-12-16)13-10(18)7-17-6-9(11(19)20)14-15-17/h4-6H,2-3,7H2,1H3,(H,13,18)(H,19,20). The monoisotopic (exact) mass is 294 g/mol. The zero-order chi connectivity index (χ0) is 15.2. The molecular weight excluding hydrogens is 280 g/mol. The Bertz CT molecular complexity index is 634. The van der Waals surface area contributed by atoms with Crippen molar-refractivity contribution in [3.8, 4) is 0 Å². The first-order chi connectivity index (χ1) is 10.1. The number of ether oxygens (including phenoxy) is 1. The zero-order valence-corrected chi connectivity index (χ0v) is 11.3. The molecule has 0 aliphatic rings. The molecule has 0 aliphatic carbocycles. The van der Waals surface area contributed by atoms with E-state index < -0.39 is 5.97 Å². The third-order valence-electron chi connectivity index (χ3n) is 2.50. The molecule has 21 heavy (non-hydrogen) atoms. The Kier molecular flexibility index (Phi) is 4.61. The maximum Gasteiger partial charge on any atom is 0.358 e. The Morgan fingerprint density at radius 3 is 2.86 bits per heavy atom. The van der Waals surface area contributed by atoms with Crippen LogP contribution in [0.5, 0.6) is 0 Å². The molecule has 0 aliphatic heterocycles. The Labute approximate surface area is 119 Å². The minimum Gasteiger partial charge on any atom is -0.476 e. The fraction of sp³-hybridized carbons (Fsp3) is 0.364. The highest BCUT2D eigenvalue weighted by atomic mass is 16.5. The van der Waals surface area contributed by atoms with Crippen molar-refractivity contribution in [2.24, 2.45) is 0 Å². The summed E-state index contributed by atoms with van der Waals surface area (Å²) in [5, 5.41) is 22.3. The van der Waals surface area contributed by atoms with Gasteiger partial charge in [0, 0.05) is 13.3 Å². The van der Waals surface area contributed by atoms with Crippen molar-refractivity contribution in [2.45, 2.75) is 13.1 Å². The van der Waals surface area contributed by atoms with E-state index in [4.69, 9.17) is 9.84 Å². The fourth-order valence-corrected chi connectivity index (χ4v) is 1.56. The first-order valence-electron chi connectivity index (χ1n) is 6.03. The number of methoxy groups -OCH3 is 1. The number of carbonyl (C=O) groups is 2. The smallest absolute Gasteiger partial charge is 0.358 e. The van der Waals surface area contributed by atoms with Crippen molar-refractivity contribution in [1.82, 2.24) is 24.8 Å². The molecule has 0 spiro atoms. The molecule has 0 aromatic carbocycles. The van der Waals surface area contributed by atoms with Gasteiger partial charge in [0.05, 0.1) is 31.2 Å². The molecule has 0 fully saturated rings. The van der Waals surface area contributed by atoms with Crippen molar-refractivity contribution >= 4 is 17.6 Å². The molecule has 0 radical (unpaired) electrons. The fourth-order valence-electron chi connectivity index (χ4n) is 1.56. The summed E-state index contributed by atoms with van der Waals surface area (Å²) >= 11 is 0. The van der Waals surface area contributed by atoms with Crippen LogP contribution in [0.15, 0.2) is 18.6 Å². The highest BCUT2D eigenvalue weighted by Gasteiger charge is 2.11. The van der Waals surface area contributed by atoms with Crippen molar-refractivity contribution in [3.05, 3.63) is 24.3 Å².